The summed E-state index contributed by atoms with van der Waals surface area (Å²) in [7, 11) is 0. The third kappa shape index (κ3) is 2.83. The van der Waals surface area contributed by atoms with Crippen molar-refractivity contribution in [1.82, 2.24) is 5.32 Å². The van der Waals surface area contributed by atoms with Crippen LogP contribution in [0.4, 0.5) is 14.5 Å². The summed E-state index contributed by atoms with van der Waals surface area (Å²) in [6.07, 6.45) is 0.717. The van der Waals surface area contributed by atoms with Gasteiger partial charge in [-0.2, -0.15) is 16.2 Å². The standard InChI is InChI=1S/C11H10F2N2O3S/c12-7-1-2-8(15(17)18)10(13)9(7)11(16)14-6-3-4-19-5-6/h1-2,6H,3-5H2,(H,14,16). The predicted octanol–water partition coefficient (Wildman–Crippen LogP) is 2.11. The molecule has 2 rings (SSSR count). The number of rotatable bonds is 3. The van der Waals surface area contributed by atoms with E-state index in [1.54, 1.807) is 11.8 Å². The van der Waals surface area contributed by atoms with Crippen LogP contribution in [-0.4, -0.2) is 28.4 Å². The average Bonchev–Trinajstić information content (AvgIpc) is 2.81. The molecule has 0 aliphatic carbocycles. The van der Waals surface area contributed by atoms with Gasteiger partial charge in [0.15, 0.2) is 0 Å². The number of benzene rings is 1. The Morgan fingerprint density at radius 1 is 1.47 bits per heavy atom. The lowest BCUT2D eigenvalue weighted by Crippen LogP contribution is -2.35. The molecule has 0 aromatic heterocycles. The highest BCUT2D eigenvalue weighted by Gasteiger charge is 2.28. The number of carbonyl (C=O) groups is 1. The van der Waals surface area contributed by atoms with Crippen molar-refractivity contribution in [1.29, 1.82) is 0 Å². The minimum atomic E-state index is -1.44. The van der Waals surface area contributed by atoms with Gasteiger partial charge in [0.05, 0.1) is 4.92 Å². The van der Waals surface area contributed by atoms with Crippen molar-refractivity contribution in [3.63, 3.8) is 0 Å². The quantitative estimate of drug-likeness (QED) is 0.683. The molecule has 1 aliphatic rings. The first-order valence-electron chi connectivity index (χ1n) is 5.51. The molecule has 1 unspecified atom stereocenters. The first kappa shape index (κ1) is 13.7. The van der Waals surface area contributed by atoms with Crippen LogP contribution >= 0.6 is 11.8 Å². The summed E-state index contributed by atoms with van der Waals surface area (Å²) in [5.74, 6) is -1.96. The summed E-state index contributed by atoms with van der Waals surface area (Å²) in [5.41, 5.74) is -1.81. The van der Waals surface area contributed by atoms with Gasteiger partial charge in [0.2, 0.25) is 5.82 Å². The Morgan fingerprint density at radius 3 is 2.79 bits per heavy atom. The number of amides is 1. The van der Waals surface area contributed by atoms with Gasteiger partial charge in [-0.3, -0.25) is 14.9 Å². The van der Waals surface area contributed by atoms with Crippen LogP contribution in [-0.2, 0) is 0 Å². The molecule has 1 aromatic rings. The second-order valence-electron chi connectivity index (χ2n) is 4.05. The van der Waals surface area contributed by atoms with Crippen molar-refractivity contribution in [2.24, 2.45) is 0 Å². The molecule has 0 spiro atoms. The summed E-state index contributed by atoms with van der Waals surface area (Å²) >= 11 is 1.63. The number of hydrogen-bond acceptors (Lipinski definition) is 4. The number of nitro benzene ring substituents is 1. The van der Waals surface area contributed by atoms with Gasteiger partial charge in [0.1, 0.15) is 11.4 Å². The highest BCUT2D eigenvalue weighted by molar-refractivity contribution is 7.99. The SMILES string of the molecule is O=C(NC1CCSC1)c1c(F)ccc([N+](=O)[O-])c1F. The largest absolute Gasteiger partial charge is 0.348 e. The van der Waals surface area contributed by atoms with Gasteiger partial charge in [-0.1, -0.05) is 0 Å². The molecule has 8 heteroatoms. The maximum absolute atomic E-state index is 13.8. The van der Waals surface area contributed by atoms with Crippen molar-refractivity contribution in [3.05, 3.63) is 39.4 Å². The van der Waals surface area contributed by atoms with Crippen molar-refractivity contribution in [2.75, 3.05) is 11.5 Å². The van der Waals surface area contributed by atoms with Crippen LogP contribution in [0.25, 0.3) is 0 Å². The molecule has 1 fully saturated rings. The molecule has 0 bridgehead atoms. The zero-order valence-corrected chi connectivity index (χ0v) is 10.5. The van der Waals surface area contributed by atoms with Crippen LogP contribution in [0.5, 0.6) is 0 Å². The molecule has 1 heterocycles. The Morgan fingerprint density at radius 2 is 2.21 bits per heavy atom. The molecule has 1 atom stereocenters. The summed E-state index contributed by atoms with van der Waals surface area (Å²) in [6, 6.07) is 1.27. The van der Waals surface area contributed by atoms with E-state index in [2.05, 4.69) is 5.32 Å². The van der Waals surface area contributed by atoms with Gasteiger partial charge in [-0.05, 0) is 18.2 Å². The average molecular weight is 288 g/mol. The summed E-state index contributed by atoms with van der Waals surface area (Å²) in [4.78, 5) is 21.4. The van der Waals surface area contributed by atoms with Gasteiger partial charge in [0.25, 0.3) is 5.91 Å². The minimum absolute atomic E-state index is 0.157. The number of thioether (sulfide) groups is 1. The summed E-state index contributed by atoms with van der Waals surface area (Å²) < 4.78 is 27.3. The Labute approximate surface area is 111 Å². The third-order valence-electron chi connectivity index (χ3n) is 2.76. The molecule has 19 heavy (non-hydrogen) atoms. The normalized spacial score (nSPS) is 18.3. The molecular weight excluding hydrogens is 278 g/mol. The third-order valence-corrected chi connectivity index (χ3v) is 3.92. The number of carbonyl (C=O) groups excluding carboxylic acids is 1. The summed E-state index contributed by atoms with van der Waals surface area (Å²) in [6.45, 7) is 0. The molecule has 0 saturated carbocycles. The van der Waals surface area contributed by atoms with Gasteiger partial charge in [0, 0.05) is 17.9 Å². The molecule has 102 valence electrons. The van der Waals surface area contributed by atoms with E-state index >= 15 is 0 Å². The molecule has 1 N–H and O–H groups in total. The fourth-order valence-corrected chi connectivity index (χ4v) is 2.95. The Balaban J connectivity index is 2.29. The Bertz CT molecular complexity index is 533. The van der Waals surface area contributed by atoms with Gasteiger partial charge in [-0.15, -0.1) is 0 Å². The molecule has 1 aliphatic heterocycles. The molecule has 5 nitrogen and oxygen atoms in total. The van der Waals surface area contributed by atoms with Gasteiger partial charge in [-0.25, -0.2) is 4.39 Å². The zero-order chi connectivity index (χ0) is 14.0. The lowest BCUT2D eigenvalue weighted by molar-refractivity contribution is -0.387. The van der Waals surface area contributed by atoms with Crippen molar-refractivity contribution < 1.29 is 18.5 Å². The molecule has 1 saturated heterocycles. The van der Waals surface area contributed by atoms with E-state index in [4.69, 9.17) is 0 Å². The smallest absolute Gasteiger partial charge is 0.305 e. The van der Waals surface area contributed by atoms with Crippen LogP contribution in [0.15, 0.2) is 12.1 Å². The van der Waals surface area contributed by atoms with Crippen molar-refractivity contribution in [2.45, 2.75) is 12.5 Å². The number of nitrogens with one attached hydrogen (secondary N) is 1. The number of nitro groups is 1. The monoisotopic (exact) mass is 288 g/mol. The van der Waals surface area contributed by atoms with Crippen LogP contribution < -0.4 is 5.32 Å². The summed E-state index contributed by atoms with van der Waals surface area (Å²) in [5, 5.41) is 13.0. The molecular formula is C11H10F2N2O3S. The van der Waals surface area contributed by atoms with E-state index in [-0.39, 0.29) is 6.04 Å². The predicted molar refractivity (Wildman–Crippen MR) is 66.2 cm³/mol. The first-order valence-corrected chi connectivity index (χ1v) is 6.67. The first-order chi connectivity index (χ1) is 9.00. The lowest BCUT2D eigenvalue weighted by Gasteiger charge is -2.12. The maximum atomic E-state index is 13.8. The van der Waals surface area contributed by atoms with Gasteiger partial charge < -0.3 is 5.32 Å². The number of halogens is 2. The lowest BCUT2D eigenvalue weighted by atomic mass is 10.1. The number of hydrogen-bond donors (Lipinski definition) is 1. The highest BCUT2D eigenvalue weighted by Crippen LogP contribution is 2.24. The topological polar surface area (TPSA) is 72.2 Å². The fourth-order valence-electron chi connectivity index (χ4n) is 1.80. The number of nitrogens with zero attached hydrogens (tertiary/aromatic N) is 1. The fraction of sp³-hybridized carbons (Fsp3) is 0.364. The zero-order valence-electron chi connectivity index (χ0n) is 9.69. The maximum Gasteiger partial charge on any atom is 0.305 e. The van der Waals surface area contributed by atoms with Gasteiger partial charge >= 0.3 is 5.69 Å². The van der Waals surface area contributed by atoms with Crippen LogP contribution in [0, 0.1) is 21.7 Å². The second kappa shape index (κ2) is 5.52. The van der Waals surface area contributed by atoms with Crippen LogP contribution in [0.1, 0.15) is 16.8 Å². The second-order valence-corrected chi connectivity index (χ2v) is 5.20. The molecule has 1 aromatic carbocycles. The van der Waals surface area contributed by atoms with Crippen LogP contribution in [0.3, 0.4) is 0 Å². The highest BCUT2D eigenvalue weighted by atomic mass is 32.2. The van der Waals surface area contributed by atoms with E-state index in [0.717, 1.165) is 11.8 Å². The molecule has 1 amide bonds. The van der Waals surface area contributed by atoms with E-state index in [9.17, 15) is 23.7 Å². The van der Waals surface area contributed by atoms with Crippen molar-refractivity contribution >= 4 is 23.4 Å². The van der Waals surface area contributed by atoms with E-state index < -0.39 is 33.7 Å². The minimum Gasteiger partial charge on any atom is -0.348 e. The Kier molecular flexibility index (Phi) is 3.98. The Hall–Kier alpha value is -1.70. The van der Waals surface area contributed by atoms with E-state index in [1.165, 1.54) is 0 Å². The van der Waals surface area contributed by atoms with Crippen molar-refractivity contribution in [3.8, 4) is 0 Å². The van der Waals surface area contributed by atoms with E-state index in [1.807, 2.05) is 0 Å². The molecule has 0 radical (unpaired) electrons. The van der Waals surface area contributed by atoms with Crippen LogP contribution in [0.2, 0.25) is 0 Å². The van der Waals surface area contributed by atoms with E-state index in [0.29, 0.717) is 18.2 Å².